The van der Waals surface area contributed by atoms with Gasteiger partial charge in [-0.2, -0.15) is 0 Å². The van der Waals surface area contributed by atoms with Gasteiger partial charge in [-0.1, -0.05) is 43.3 Å². The highest BCUT2D eigenvalue weighted by Crippen LogP contribution is 2.14. The Bertz CT molecular complexity index is 848. The molecule has 0 aliphatic rings. The number of aliphatic imine (C=N–C) groups is 1. The predicted molar refractivity (Wildman–Crippen MR) is 108 cm³/mol. The predicted octanol–water partition coefficient (Wildman–Crippen LogP) is 3.55. The SMILES string of the molecule is CCCNC(=NCc1ccc(Cn2cnc3ccccc32)cc1)NCC. The molecule has 5 heteroatoms. The van der Waals surface area contributed by atoms with E-state index in [-0.39, 0.29) is 0 Å². The van der Waals surface area contributed by atoms with Gasteiger partial charge in [-0.3, -0.25) is 0 Å². The molecule has 5 nitrogen and oxygen atoms in total. The molecular weight excluding hydrogens is 322 g/mol. The monoisotopic (exact) mass is 349 g/mol. The van der Waals surface area contributed by atoms with Gasteiger partial charge in [0.1, 0.15) is 0 Å². The Labute approximate surface area is 155 Å². The van der Waals surface area contributed by atoms with Gasteiger partial charge in [0.2, 0.25) is 0 Å². The fourth-order valence-corrected chi connectivity index (χ4v) is 2.84. The quantitative estimate of drug-likeness (QED) is 0.507. The maximum absolute atomic E-state index is 4.65. The molecule has 0 amide bonds. The van der Waals surface area contributed by atoms with Crippen molar-refractivity contribution in [1.82, 2.24) is 20.2 Å². The number of imidazole rings is 1. The molecule has 0 fully saturated rings. The molecule has 2 N–H and O–H groups in total. The van der Waals surface area contributed by atoms with Crippen molar-refractivity contribution < 1.29 is 0 Å². The van der Waals surface area contributed by atoms with Gasteiger partial charge in [-0.05, 0) is 36.6 Å². The third kappa shape index (κ3) is 4.63. The van der Waals surface area contributed by atoms with Crippen molar-refractivity contribution in [3.63, 3.8) is 0 Å². The first-order chi connectivity index (χ1) is 12.8. The summed E-state index contributed by atoms with van der Waals surface area (Å²) in [5.41, 5.74) is 4.67. The molecule has 0 aliphatic heterocycles. The highest BCUT2D eigenvalue weighted by Gasteiger charge is 2.03. The number of guanidine groups is 1. The van der Waals surface area contributed by atoms with Gasteiger partial charge >= 0.3 is 0 Å². The molecule has 0 spiro atoms. The summed E-state index contributed by atoms with van der Waals surface area (Å²) in [6, 6.07) is 16.9. The Hall–Kier alpha value is -2.82. The lowest BCUT2D eigenvalue weighted by molar-refractivity contribution is 0.785. The molecule has 2 aromatic carbocycles. The number of hydrogen-bond donors (Lipinski definition) is 2. The number of nitrogens with zero attached hydrogens (tertiary/aromatic N) is 3. The molecule has 0 atom stereocenters. The zero-order valence-electron chi connectivity index (χ0n) is 15.6. The molecule has 0 unspecified atom stereocenters. The van der Waals surface area contributed by atoms with Gasteiger partial charge < -0.3 is 15.2 Å². The van der Waals surface area contributed by atoms with E-state index < -0.39 is 0 Å². The van der Waals surface area contributed by atoms with Crippen LogP contribution in [0.3, 0.4) is 0 Å². The lowest BCUT2D eigenvalue weighted by Gasteiger charge is -2.10. The number of aromatic nitrogens is 2. The molecule has 26 heavy (non-hydrogen) atoms. The largest absolute Gasteiger partial charge is 0.357 e. The van der Waals surface area contributed by atoms with Gasteiger partial charge in [-0.15, -0.1) is 0 Å². The van der Waals surface area contributed by atoms with Gasteiger partial charge in [0.15, 0.2) is 5.96 Å². The van der Waals surface area contributed by atoms with Crippen molar-refractivity contribution in [3.8, 4) is 0 Å². The van der Waals surface area contributed by atoms with E-state index >= 15 is 0 Å². The summed E-state index contributed by atoms with van der Waals surface area (Å²) < 4.78 is 2.18. The van der Waals surface area contributed by atoms with Crippen LogP contribution in [0, 0.1) is 0 Å². The Balaban J connectivity index is 1.64. The third-order valence-corrected chi connectivity index (χ3v) is 4.21. The molecule has 0 bridgehead atoms. The Morgan fingerprint density at radius 1 is 1.00 bits per heavy atom. The van der Waals surface area contributed by atoms with E-state index in [0.29, 0.717) is 6.54 Å². The number of rotatable bonds is 7. The number of nitrogens with one attached hydrogen (secondary N) is 2. The van der Waals surface area contributed by atoms with Crippen molar-refractivity contribution >= 4 is 17.0 Å². The van der Waals surface area contributed by atoms with Crippen LogP contribution < -0.4 is 10.6 Å². The van der Waals surface area contributed by atoms with Crippen LogP contribution in [0.5, 0.6) is 0 Å². The molecule has 0 saturated heterocycles. The maximum Gasteiger partial charge on any atom is 0.191 e. The fourth-order valence-electron chi connectivity index (χ4n) is 2.84. The molecule has 3 rings (SSSR count). The molecule has 0 radical (unpaired) electrons. The Kier molecular flexibility index (Phi) is 6.25. The van der Waals surface area contributed by atoms with E-state index in [1.54, 1.807) is 0 Å². The summed E-state index contributed by atoms with van der Waals surface area (Å²) in [5, 5.41) is 6.60. The molecule has 136 valence electrons. The minimum absolute atomic E-state index is 0.674. The van der Waals surface area contributed by atoms with E-state index in [9.17, 15) is 0 Å². The number of para-hydroxylation sites is 2. The standard InChI is InChI=1S/C21H27N5/c1-3-13-23-21(22-4-2)24-14-17-9-11-18(12-10-17)15-26-16-25-19-7-5-6-8-20(19)26/h5-12,16H,3-4,13-15H2,1-2H3,(H2,22,23,24). The first-order valence-electron chi connectivity index (χ1n) is 9.30. The van der Waals surface area contributed by atoms with Crippen molar-refractivity contribution in [2.45, 2.75) is 33.4 Å². The van der Waals surface area contributed by atoms with Crippen molar-refractivity contribution in [1.29, 1.82) is 0 Å². The van der Waals surface area contributed by atoms with Gasteiger partial charge in [0.05, 0.1) is 23.9 Å². The average Bonchev–Trinajstić information content (AvgIpc) is 3.08. The lowest BCUT2D eigenvalue weighted by atomic mass is 10.1. The molecule has 1 heterocycles. The van der Waals surface area contributed by atoms with Crippen molar-refractivity contribution in [2.75, 3.05) is 13.1 Å². The molecule has 0 aliphatic carbocycles. The van der Waals surface area contributed by atoms with Crippen LogP contribution in [0.2, 0.25) is 0 Å². The zero-order chi connectivity index (χ0) is 18.2. The van der Waals surface area contributed by atoms with E-state index in [0.717, 1.165) is 37.5 Å². The van der Waals surface area contributed by atoms with E-state index in [4.69, 9.17) is 0 Å². The summed E-state index contributed by atoms with van der Waals surface area (Å²) in [7, 11) is 0. The van der Waals surface area contributed by atoms with Crippen molar-refractivity contribution in [2.24, 2.45) is 4.99 Å². The molecule has 3 aromatic rings. The van der Waals surface area contributed by atoms with Crippen LogP contribution in [-0.2, 0) is 13.1 Å². The van der Waals surface area contributed by atoms with Gasteiger partial charge in [0.25, 0.3) is 0 Å². The zero-order valence-corrected chi connectivity index (χ0v) is 15.6. The van der Waals surface area contributed by atoms with Crippen LogP contribution >= 0.6 is 0 Å². The fraction of sp³-hybridized carbons (Fsp3) is 0.333. The van der Waals surface area contributed by atoms with E-state index in [1.807, 2.05) is 18.5 Å². The van der Waals surface area contributed by atoms with Crippen LogP contribution in [0.4, 0.5) is 0 Å². The molecule has 0 saturated carbocycles. The first-order valence-corrected chi connectivity index (χ1v) is 9.30. The maximum atomic E-state index is 4.65. The van der Waals surface area contributed by atoms with Crippen LogP contribution in [-0.4, -0.2) is 28.6 Å². The Morgan fingerprint density at radius 3 is 2.54 bits per heavy atom. The number of benzene rings is 2. The molecular formula is C21H27N5. The summed E-state index contributed by atoms with van der Waals surface area (Å²) in [6.45, 7) is 7.53. The minimum Gasteiger partial charge on any atom is -0.357 e. The van der Waals surface area contributed by atoms with Gasteiger partial charge in [0, 0.05) is 19.6 Å². The topological polar surface area (TPSA) is 54.2 Å². The van der Waals surface area contributed by atoms with E-state index in [2.05, 4.69) is 75.4 Å². The van der Waals surface area contributed by atoms with Crippen LogP contribution in [0.25, 0.3) is 11.0 Å². The second kappa shape index (κ2) is 9.04. The van der Waals surface area contributed by atoms with Crippen molar-refractivity contribution in [3.05, 3.63) is 66.0 Å². The second-order valence-corrected chi connectivity index (χ2v) is 6.30. The van der Waals surface area contributed by atoms with E-state index in [1.165, 1.54) is 16.6 Å². The summed E-state index contributed by atoms with van der Waals surface area (Å²) in [6.07, 6.45) is 2.99. The normalized spacial score (nSPS) is 11.7. The number of hydrogen-bond acceptors (Lipinski definition) is 2. The number of fused-ring (bicyclic) bond motifs is 1. The minimum atomic E-state index is 0.674. The van der Waals surface area contributed by atoms with Crippen LogP contribution in [0.15, 0.2) is 59.9 Å². The highest BCUT2D eigenvalue weighted by atomic mass is 15.2. The second-order valence-electron chi connectivity index (χ2n) is 6.30. The lowest BCUT2D eigenvalue weighted by Crippen LogP contribution is -2.37. The van der Waals surface area contributed by atoms with Gasteiger partial charge in [-0.25, -0.2) is 9.98 Å². The summed E-state index contributed by atoms with van der Waals surface area (Å²) >= 11 is 0. The average molecular weight is 349 g/mol. The highest BCUT2D eigenvalue weighted by molar-refractivity contribution is 5.79. The third-order valence-electron chi connectivity index (χ3n) is 4.21. The first kappa shape index (κ1) is 18.0. The summed E-state index contributed by atoms with van der Waals surface area (Å²) in [5.74, 6) is 0.878. The summed E-state index contributed by atoms with van der Waals surface area (Å²) in [4.78, 5) is 9.10. The van der Waals surface area contributed by atoms with Crippen LogP contribution in [0.1, 0.15) is 31.4 Å². The molecule has 1 aromatic heterocycles. The smallest absolute Gasteiger partial charge is 0.191 e. The Morgan fingerprint density at radius 2 is 1.77 bits per heavy atom.